The fourth-order valence-corrected chi connectivity index (χ4v) is 4.86. The number of thiazole rings is 1. The molecule has 192 valence electrons. The summed E-state index contributed by atoms with van der Waals surface area (Å²) in [4.78, 5) is 19.7. The second kappa shape index (κ2) is 11.3. The lowest BCUT2D eigenvalue weighted by molar-refractivity contribution is 0.0910. The van der Waals surface area contributed by atoms with Gasteiger partial charge in [0.2, 0.25) is 0 Å². The Balaban J connectivity index is 1.38. The predicted octanol–water partition coefficient (Wildman–Crippen LogP) is 7.38. The number of anilines is 2. The van der Waals surface area contributed by atoms with Gasteiger partial charge in [-0.25, -0.2) is 9.37 Å². The van der Waals surface area contributed by atoms with Gasteiger partial charge in [-0.05, 0) is 73.2 Å². The normalized spacial score (nSPS) is 11.7. The van der Waals surface area contributed by atoms with Crippen LogP contribution < -0.4 is 15.0 Å². The maximum absolute atomic E-state index is 13.4. The van der Waals surface area contributed by atoms with E-state index >= 15 is 0 Å². The molecule has 38 heavy (non-hydrogen) atoms. The van der Waals surface area contributed by atoms with Gasteiger partial charge >= 0.3 is 0 Å². The third-order valence-electron chi connectivity index (χ3n) is 6.09. The van der Waals surface area contributed by atoms with Gasteiger partial charge in [0, 0.05) is 16.6 Å². The number of hydrogen-bond donors (Lipinski definition) is 1. The molecular formula is C30H26FN3O3S. The molecule has 0 aliphatic carbocycles. The van der Waals surface area contributed by atoms with Crippen molar-refractivity contribution in [1.29, 1.82) is 0 Å². The zero-order valence-corrected chi connectivity index (χ0v) is 21.7. The number of rotatable bonds is 9. The molecule has 1 atom stereocenters. The molecule has 0 aliphatic rings. The summed E-state index contributed by atoms with van der Waals surface area (Å²) in [5.41, 5.74) is 3.47. The quantitative estimate of drug-likeness (QED) is 0.217. The average molecular weight is 528 g/mol. The van der Waals surface area contributed by atoms with Crippen LogP contribution >= 0.6 is 11.3 Å². The van der Waals surface area contributed by atoms with E-state index in [-0.39, 0.29) is 23.5 Å². The third kappa shape index (κ3) is 5.76. The molecule has 3 aromatic carbocycles. The second-order valence-electron chi connectivity index (χ2n) is 8.68. The Kier molecular flexibility index (Phi) is 7.51. The van der Waals surface area contributed by atoms with Gasteiger partial charge < -0.3 is 19.4 Å². The molecule has 0 fully saturated rings. The number of hydrogen-bond acceptors (Lipinski definition) is 6. The van der Waals surface area contributed by atoms with Crippen LogP contribution in [0.2, 0.25) is 0 Å². The lowest BCUT2D eigenvalue weighted by Gasteiger charge is -2.21. The SMILES string of the molecule is COc1ccc(N(Cc2ccc(C(=O)NC(C)c3ccccc3)o2)c2nc(-c3ccc(F)cc3)cs2)cc1. The van der Waals surface area contributed by atoms with Crippen LogP contribution in [0.3, 0.4) is 0 Å². The number of amides is 1. The molecule has 6 nitrogen and oxygen atoms in total. The van der Waals surface area contributed by atoms with Crippen LogP contribution in [0.1, 0.15) is 34.8 Å². The van der Waals surface area contributed by atoms with Crippen molar-refractivity contribution in [2.45, 2.75) is 19.5 Å². The highest BCUT2D eigenvalue weighted by molar-refractivity contribution is 7.14. The number of carbonyl (C=O) groups excluding carboxylic acids is 1. The molecule has 0 bridgehead atoms. The number of aromatic nitrogens is 1. The van der Waals surface area contributed by atoms with E-state index in [9.17, 15) is 9.18 Å². The van der Waals surface area contributed by atoms with E-state index < -0.39 is 0 Å². The molecule has 8 heteroatoms. The molecule has 0 aliphatic heterocycles. The molecule has 5 rings (SSSR count). The topological polar surface area (TPSA) is 67.6 Å². The van der Waals surface area contributed by atoms with Gasteiger partial charge in [-0.3, -0.25) is 4.79 Å². The molecule has 0 spiro atoms. The number of nitrogens with zero attached hydrogens (tertiary/aromatic N) is 2. The molecule has 2 aromatic heterocycles. The lowest BCUT2D eigenvalue weighted by atomic mass is 10.1. The van der Waals surface area contributed by atoms with Gasteiger partial charge in [-0.2, -0.15) is 0 Å². The molecular weight excluding hydrogens is 501 g/mol. The molecule has 1 unspecified atom stereocenters. The Labute approximate surface area is 224 Å². The molecule has 1 N–H and O–H groups in total. The Hall–Kier alpha value is -4.43. The molecule has 0 radical (unpaired) electrons. The van der Waals surface area contributed by atoms with E-state index in [1.165, 1.54) is 23.5 Å². The maximum atomic E-state index is 13.4. The van der Waals surface area contributed by atoms with Crippen molar-refractivity contribution in [2.24, 2.45) is 0 Å². The monoisotopic (exact) mass is 527 g/mol. The zero-order chi connectivity index (χ0) is 26.5. The van der Waals surface area contributed by atoms with E-state index in [4.69, 9.17) is 14.1 Å². The van der Waals surface area contributed by atoms with Crippen molar-refractivity contribution >= 4 is 28.1 Å². The zero-order valence-electron chi connectivity index (χ0n) is 20.9. The van der Waals surface area contributed by atoms with Crippen LogP contribution in [-0.4, -0.2) is 18.0 Å². The molecule has 5 aromatic rings. The van der Waals surface area contributed by atoms with Crippen LogP contribution in [0.4, 0.5) is 15.2 Å². The van der Waals surface area contributed by atoms with Gasteiger partial charge in [-0.15, -0.1) is 11.3 Å². The second-order valence-corrected chi connectivity index (χ2v) is 9.51. The Morgan fingerprint density at radius 2 is 1.76 bits per heavy atom. The lowest BCUT2D eigenvalue weighted by Crippen LogP contribution is -2.26. The van der Waals surface area contributed by atoms with E-state index in [2.05, 4.69) is 5.32 Å². The van der Waals surface area contributed by atoms with Crippen molar-refractivity contribution in [2.75, 3.05) is 12.0 Å². The van der Waals surface area contributed by atoms with E-state index in [0.717, 1.165) is 33.4 Å². The minimum atomic E-state index is -0.292. The van der Waals surface area contributed by atoms with Gasteiger partial charge in [0.15, 0.2) is 10.9 Å². The van der Waals surface area contributed by atoms with E-state index in [1.807, 2.05) is 71.8 Å². The van der Waals surface area contributed by atoms with Crippen LogP contribution in [0.5, 0.6) is 5.75 Å². The van der Waals surface area contributed by atoms with Gasteiger partial charge in [-0.1, -0.05) is 30.3 Å². The van der Waals surface area contributed by atoms with Gasteiger partial charge in [0.25, 0.3) is 5.91 Å². The first-order valence-corrected chi connectivity index (χ1v) is 13.0. The maximum Gasteiger partial charge on any atom is 0.287 e. The number of methoxy groups -OCH3 is 1. The molecule has 2 heterocycles. The van der Waals surface area contributed by atoms with E-state index in [0.29, 0.717) is 12.3 Å². The van der Waals surface area contributed by atoms with Crippen LogP contribution in [0, 0.1) is 5.82 Å². The van der Waals surface area contributed by atoms with E-state index in [1.54, 1.807) is 31.4 Å². The van der Waals surface area contributed by atoms with Crippen molar-refractivity contribution in [3.63, 3.8) is 0 Å². The summed E-state index contributed by atoms with van der Waals surface area (Å²) in [5.74, 6) is 1.01. The highest BCUT2D eigenvalue weighted by Crippen LogP contribution is 2.34. The van der Waals surface area contributed by atoms with Crippen LogP contribution in [0.15, 0.2) is 101 Å². The van der Waals surface area contributed by atoms with Crippen molar-refractivity contribution in [3.05, 3.63) is 119 Å². The number of ether oxygens (including phenoxy) is 1. The highest BCUT2D eigenvalue weighted by Gasteiger charge is 2.20. The summed E-state index contributed by atoms with van der Waals surface area (Å²) in [6.07, 6.45) is 0. The Bertz CT molecular complexity index is 1500. The summed E-state index contributed by atoms with van der Waals surface area (Å²) in [6.45, 7) is 2.29. The number of benzene rings is 3. The minimum Gasteiger partial charge on any atom is -0.497 e. The van der Waals surface area contributed by atoms with Crippen LogP contribution in [0.25, 0.3) is 11.3 Å². The third-order valence-corrected chi connectivity index (χ3v) is 6.96. The summed E-state index contributed by atoms with van der Waals surface area (Å²) in [6, 6.07) is 27.0. The number of carbonyl (C=O) groups is 1. The standard InChI is InChI=1S/C30H26FN3O3S/c1-20(21-6-4-3-5-7-21)32-29(35)28-17-16-26(37-28)18-34(24-12-14-25(36-2)15-13-24)30-33-27(19-38-30)22-8-10-23(31)11-9-22/h3-17,19-20H,18H2,1-2H3,(H,32,35). The first-order chi connectivity index (χ1) is 18.5. The first-order valence-electron chi connectivity index (χ1n) is 12.1. The van der Waals surface area contributed by atoms with Crippen molar-refractivity contribution in [1.82, 2.24) is 10.3 Å². The Morgan fingerprint density at radius 3 is 2.47 bits per heavy atom. The smallest absolute Gasteiger partial charge is 0.287 e. The number of furan rings is 1. The van der Waals surface area contributed by atoms with Crippen molar-refractivity contribution < 1.29 is 18.3 Å². The summed E-state index contributed by atoms with van der Waals surface area (Å²) < 4.78 is 24.7. The fourth-order valence-electron chi connectivity index (χ4n) is 4.01. The minimum absolute atomic E-state index is 0.159. The Morgan fingerprint density at radius 1 is 1.03 bits per heavy atom. The molecule has 0 saturated heterocycles. The van der Waals surface area contributed by atoms with Gasteiger partial charge in [0.1, 0.15) is 17.3 Å². The average Bonchev–Trinajstić information content (AvgIpc) is 3.63. The highest BCUT2D eigenvalue weighted by atomic mass is 32.1. The summed E-state index contributed by atoms with van der Waals surface area (Å²) in [5, 5.41) is 5.65. The fraction of sp³-hybridized carbons (Fsp3) is 0.133. The molecule has 0 saturated carbocycles. The number of halogens is 1. The number of nitrogens with one attached hydrogen (secondary N) is 1. The summed E-state index contributed by atoms with van der Waals surface area (Å²) >= 11 is 1.47. The first kappa shape index (κ1) is 25.2. The predicted molar refractivity (Wildman–Crippen MR) is 147 cm³/mol. The largest absolute Gasteiger partial charge is 0.497 e. The van der Waals surface area contributed by atoms with Gasteiger partial charge in [0.05, 0.1) is 25.4 Å². The molecule has 1 amide bonds. The summed E-state index contributed by atoms with van der Waals surface area (Å²) in [7, 11) is 1.62. The van der Waals surface area contributed by atoms with Crippen molar-refractivity contribution in [3.8, 4) is 17.0 Å². The van der Waals surface area contributed by atoms with Crippen LogP contribution in [-0.2, 0) is 6.54 Å².